The third-order valence-electron chi connectivity index (χ3n) is 5.11. The van der Waals surface area contributed by atoms with Gasteiger partial charge in [-0.25, -0.2) is 9.37 Å². The fourth-order valence-corrected chi connectivity index (χ4v) is 3.40. The highest BCUT2D eigenvalue weighted by molar-refractivity contribution is 5.98. The van der Waals surface area contributed by atoms with E-state index in [1.54, 1.807) is 19.1 Å². The van der Waals surface area contributed by atoms with Gasteiger partial charge in [0, 0.05) is 19.2 Å². The Balaban J connectivity index is 0.00000272. The van der Waals surface area contributed by atoms with Gasteiger partial charge in [-0.2, -0.15) is 14.6 Å². The number of halogens is 2. The Hall–Kier alpha value is -3.11. The molecule has 1 fully saturated rings. The van der Waals surface area contributed by atoms with Crippen molar-refractivity contribution in [3.63, 3.8) is 0 Å². The molecule has 3 N–H and O–H groups in total. The summed E-state index contributed by atoms with van der Waals surface area (Å²) in [5.74, 6) is -0.565. The summed E-state index contributed by atoms with van der Waals surface area (Å²) in [7, 11) is 0. The first-order valence-electron chi connectivity index (χ1n) is 9.74. The van der Waals surface area contributed by atoms with E-state index in [-0.39, 0.29) is 47.8 Å². The molecule has 1 atom stereocenters. The second-order valence-electron chi connectivity index (χ2n) is 7.33. The van der Waals surface area contributed by atoms with Crippen molar-refractivity contribution in [3.05, 3.63) is 58.9 Å². The number of benzene rings is 1. The van der Waals surface area contributed by atoms with Crippen molar-refractivity contribution in [2.75, 3.05) is 19.6 Å². The zero-order chi connectivity index (χ0) is 21.1. The molecular formula is C20H23ClFN7O2. The minimum atomic E-state index is -0.462. The maximum absolute atomic E-state index is 13.4. The van der Waals surface area contributed by atoms with Crippen LogP contribution in [-0.2, 0) is 6.54 Å². The van der Waals surface area contributed by atoms with Crippen molar-refractivity contribution >= 4 is 30.0 Å². The van der Waals surface area contributed by atoms with Crippen molar-refractivity contribution < 1.29 is 14.0 Å². The van der Waals surface area contributed by atoms with Gasteiger partial charge in [0.15, 0.2) is 0 Å². The smallest absolute Gasteiger partial charge is 0.270 e. The molecule has 0 aliphatic carbocycles. The van der Waals surface area contributed by atoms with Crippen LogP contribution < -0.4 is 16.0 Å². The van der Waals surface area contributed by atoms with E-state index in [9.17, 15) is 14.0 Å². The molecule has 1 aliphatic rings. The average Bonchev–Trinajstić information content (AvgIpc) is 3.43. The Labute approximate surface area is 184 Å². The number of rotatable bonds is 6. The summed E-state index contributed by atoms with van der Waals surface area (Å²) in [6.07, 6.45) is 2.29. The standard InChI is InChI=1S/C20H22FN7O2.ClH/c1-12-6-13(2-3-15(12)21)9-23-18(29)16-7-17(28-20(27-16)25-11-26-28)19(30)24-10-14-4-5-22-8-14;/h2-3,6-7,11,14,22H,4-5,8-10H2,1H3,(H,23,29)(H,24,30);1H/t14-;/m1./s1. The molecule has 1 aliphatic heterocycles. The van der Waals surface area contributed by atoms with Gasteiger partial charge in [0.2, 0.25) is 0 Å². The molecule has 0 saturated carbocycles. The number of nitrogens with zero attached hydrogens (tertiary/aromatic N) is 4. The number of carbonyl (C=O) groups excluding carboxylic acids is 2. The highest BCUT2D eigenvalue weighted by Gasteiger charge is 2.20. The number of aromatic nitrogens is 4. The van der Waals surface area contributed by atoms with Gasteiger partial charge in [-0.3, -0.25) is 9.59 Å². The van der Waals surface area contributed by atoms with Crippen LogP contribution in [0.3, 0.4) is 0 Å². The molecule has 0 spiro atoms. The van der Waals surface area contributed by atoms with Crippen LogP contribution in [0.15, 0.2) is 30.6 Å². The maximum atomic E-state index is 13.4. The van der Waals surface area contributed by atoms with Gasteiger partial charge in [-0.1, -0.05) is 12.1 Å². The summed E-state index contributed by atoms with van der Waals surface area (Å²) in [5.41, 5.74) is 1.50. The van der Waals surface area contributed by atoms with Crippen molar-refractivity contribution in [3.8, 4) is 0 Å². The van der Waals surface area contributed by atoms with E-state index >= 15 is 0 Å². The zero-order valence-electron chi connectivity index (χ0n) is 16.9. The average molecular weight is 448 g/mol. The number of fused-ring (bicyclic) bond motifs is 1. The minimum absolute atomic E-state index is 0. The van der Waals surface area contributed by atoms with E-state index in [1.807, 2.05) is 0 Å². The molecule has 4 rings (SSSR count). The first-order chi connectivity index (χ1) is 14.5. The topological polar surface area (TPSA) is 113 Å². The molecule has 31 heavy (non-hydrogen) atoms. The molecule has 3 aromatic rings. The number of nitrogens with one attached hydrogen (secondary N) is 3. The first-order valence-corrected chi connectivity index (χ1v) is 9.74. The number of hydrogen-bond donors (Lipinski definition) is 3. The quantitative estimate of drug-likeness (QED) is 0.524. The fourth-order valence-electron chi connectivity index (χ4n) is 3.40. The van der Waals surface area contributed by atoms with Crippen LogP contribution >= 0.6 is 12.4 Å². The lowest BCUT2D eigenvalue weighted by molar-refractivity contribution is 0.0940. The van der Waals surface area contributed by atoms with Crippen molar-refractivity contribution in [2.24, 2.45) is 5.92 Å². The molecular weight excluding hydrogens is 425 g/mol. The predicted octanol–water partition coefficient (Wildman–Crippen LogP) is 1.26. The van der Waals surface area contributed by atoms with Crippen LogP contribution in [0.5, 0.6) is 0 Å². The molecule has 3 heterocycles. The van der Waals surface area contributed by atoms with E-state index in [4.69, 9.17) is 0 Å². The zero-order valence-corrected chi connectivity index (χ0v) is 17.7. The highest BCUT2D eigenvalue weighted by Crippen LogP contribution is 2.11. The molecule has 11 heteroatoms. The van der Waals surface area contributed by atoms with Gasteiger partial charge >= 0.3 is 0 Å². The summed E-state index contributed by atoms with van der Waals surface area (Å²) in [4.78, 5) is 33.6. The van der Waals surface area contributed by atoms with Gasteiger partial charge < -0.3 is 16.0 Å². The minimum Gasteiger partial charge on any atom is -0.350 e. The monoisotopic (exact) mass is 447 g/mol. The maximum Gasteiger partial charge on any atom is 0.270 e. The summed E-state index contributed by atoms with van der Waals surface area (Å²) in [6.45, 7) is 4.21. The Morgan fingerprint density at radius 1 is 1.26 bits per heavy atom. The lowest BCUT2D eigenvalue weighted by Crippen LogP contribution is -2.32. The van der Waals surface area contributed by atoms with Gasteiger partial charge in [0.25, 0.3) is 17.6 Å². The lowest BCUT2D eigenvalue weighted by atomic mass is 10.1. The van der Waals surface area contributed by atoms with Gasteiger partial charge in [-0.15, -0.1) is 12.4 Å². The molecule has 9 nitrogen and oxygen atoms in total. The molecule has 2 amide bonds. The fraction of sp³-hybridized carbons (Fsp3) is 0.350. The summed E-state index contributed by atoms with van der Waals surface area (Å²) in [6, 6.07) is 6.03. The van der Waals surface area contributed by atoms with Crippen molar-refractivity contribution in [2.45, 2.75) is 19.9 Å². The normalized spacial score (nSPS) is 15.5. The molecule has 1 aromatic carbocycles. The van der Waals surface area contributed by atoms with E-state index in [0.29, 0.717) is 18.0 Å². The molecule has 164 valence electrons. The summed E-state index contributed by atoms with van der Waals surface area (Å²) in [5, 5.41) is 12.9. The Morgan fingerprint density at radius 3 is 2.84 bits per heavy atom. The van der Waals surface area contributed by atoms with E-state index in [0.717, 1.165) is 25.1 Å². The number of hydrogen-bond acceptors (Lipinski definition) is 6. The Bertz CT molecular complexity index is 1100. The van der Waals surface area contributed by atoms with Crippen molar-refractivity contribution in [1.29, 1.82) is 0 Å². The van der Waals surface area contributed by atoms with Crippen LogP contribution in [0.2, 0.25) is 0 Å². The van der Waals surface area contributed by atoms with Crippen LogP contribution in [0.1, 0.15) is 38.5 Å². The highest BCUT2D eigenvalue weighted by atomic mass is 35.5. The molecule has 0 unspecified atom stereocenters. The molecule has 0 bridgehead atoms. The van der Waals surface area contributed by atoms with Crippen LogP contribution in [-0.4, -0.2) is 51.0 Å². The van der Waals surface area contributed by atoms with E-state index < -0.39 is 5.91 Å². The molecule has 1 saturated heterocycles. The third kappa shape index (κ3) is 5.15. The Morgan fingerprint density at radius 2 is 2.10 bits per heavy atom. The number of aryl methyl sites for hydroxylation is 1. The van der Waals surface area contributed by atoms with Gasteiger partial charge in [-0.05, 0) is 49.5 Å². The second kappa shape index (κ2) is 9.80. The lowest BCUT2D eigenvalue weighted by Gasteiger charge is -2.11. The third-order valence-corrected chi connectivity index (χ3v) is 5.11. The van der Waals surface area contributed by atoms with E-state index in [1.165, 1.54) is 23.0 Å². The Kier molecular flexibility index (Phi) is 7.13. The van der Waals surface area contributed by atoms with Crippen LogP contribution in [0, 0.1) is 18.7 Å². The van der Waals surface area contributed by atoms with Crippen LogP contribution in [0.4, 0.5) is 4.39 Å². The SMILES string of the molecule is Cc1cc(CNC(=O)c2cc(C(=O)NC[C@@H]3CCNC3)n3ncnc3n2)ccc1F.Cl. The summed E-state index contributed by atoms with van der Waals surface area (Å²) >= 11 is 0. The van der Waals surface area contributed by atoms with Crippen molar-refractivity contribution in [1.82, 2.24) is 35.5 Å². The number of amides is 2. The molecule has 2 aromatic heterocycles. The van der Waals surface area contributed by atoms with Crippen LogP contribution in [0.25, 0.3) is 5.78 Å². The number of carbonyl (C=O) groups is 2. The summed E-state index contributed by atoms with van der Waals surface area (Å²) < 4.78 is 14.7. The van der Waals surface area contributed by atoms with Gasteiger partial charge in [0.1, 0.15) is 23.5 Å². The van der Waals surface area contributed by atoms with Gasteiger partial charge in [0.05, 0.1) is 0 Å². The second-order valence-corrected chi connectivity index (χ2v) is 7.33. The molecule has 0 radical (unpaired) electrons. The van der Waals surface area contributed by atoms with E-state index in [2.05, 4.69) is 31.0 Å². The largest absolute Gasteiger partial charge is 0.350 e. The first kappa shape index (κ1) is 22.6. The predicted molar refractivity (Wildman–Crippen MR) is 114 cm³/mol.